The molecule has 1 atom stereocenters. The van der Waals surface area contributed by atoms with E-state index in [0.717, 1.165) is 23.0 Å². The quantitative estimate of drug-likeness (QED) is 0.814. The molecule has 0 aliphatic rings. The summed E-state index contributed by atoms with van der Waals surface area (Å²) in [6.45, 7) is 3.62. The van der Waals surface area contributed by atoms with Crippen LogP contribution in [-0.2, 0) is 11.0 Å². The van der Waals surface area contributed by atoms with Crippen LogP contribution in [0.1, 0.15) is 36.3 Å². The number of aromatic nitrogens is 3. The van der Waals surface area contributed by atoms with E-state index in [4.69, 9.17) is 5.11 Å². The summed E-state index contributed by atoms with van der Waals surface area (Å²) < 4.78 is 39.3. The molecule has 0 bridgehead atoms. The second-order valence-electron chi connectivity index (χ2n) is 6.09. The molecule has 0 saturated heterocycles. The first-order valence-electron chi connectivity index (χ1n) is 7.71. The summed E-state index contributed by atoms with van der Waals surface area (Å²) in [5.74, 6) is -1.91. The van der Waals surface area contributed by atoms with E-state index in [1.54, 1.807) is 0 Å². The van der Waals surface area contributed by atoms with Gasteiger partial charge in [0.05, 0.1) is 17.4 Å². The lowest BCUT2D eigenvalue weighted by Crippen LogP contribution is -2.41. The maximum absolute atomic E-state index is 12.8. The third-order valence-corrected chi connectivity index (χ3v) is 3.47. The van der Waals surface area contributed by atoms with E-state index in [1.165, 1.54) is 12.1 Å². The molecule has 26 heavy (non-hydrogen) atoms. The van der Waals surface area contributed by atoms with E-state index in [-0.39, 0.29) is 23.7 Å². The fourth-order valence-electron chi connectivity index (χ4n) is 2.24. The Bertz CT molecular complexity index is 802. The molecule has 0 saturated carbocycles. The van der Waals surface area contributed by atoms with Crippen LogP contribution in [0.25, 0.3) is 5.69 Å². The standard InChI is InChI=1S/C16H17F3N4O3/c1-9(2)6-12(15(25)26)20-14(24)13-8-23(22-21-13)11-5-3-4-10(7-11)16(17,18)19/h3-5,7-9,12H,6H2,1-2H3,(H,20,24)(H,25,26)/t12-/m1/s1. The van der Waals surface area contributed by atoms with Crippen molar-refractivity contribution in [3.63, 3.8) is 0 Å². The van der Waals surface area contributed by atoms with Crippen molar-refractivity contribution in [3.8, 4) is 5.69 Å². The molecular weight excluding hydrogens is 353 g/mol. The van der Waals surface area contributed by atoms with Gasteiger partial charge in [0.25, 0.3) is 5.91 Å². The molecular formula is C16H17F3N4O3. The molecule has 140 valence electrons. The van der Waals surface area contributed by atoms with Gasteiger partial charge >= 0.3 is 12.1 Å². The average Bonchev–Trinajstić information content (AvgIpc) is 3.03. The van der Waals surface area contributed by atoms with Crippen LogP contribution in [0.3, 0.4) is 0 Å². The first-order chi connectivity index (χ1) is 12.1. The Kier molecular flexibility index (Phi) is 5.63. The van der Waals surface area contributed by atoms with E-state index >= 15 is 0 Å². The Hall–Kier alpha value is -2.91. The maximum Gasteiger partial charge on any atom is 0.416 e. The van der Waals surface area contributed by atoms with E-state index in [9.17, 15) is 22.8 Å². The molecule has 0 unspecified atom stereocenters. The van der Waals surface area contributed by atoms with Crippen molar-refractivity contribution in [2.24, 2.45) is 5.92 Å². The number of nitrogens with one attached hydrogen (secondary N) is 1. The Balaban J connectivity index is 2.19. The monoisotopic (exact) mass is 370 g/mol. The number of benzene rings is 1. The predicted molar refractivity (Wildman–Crippen MR) is 84.7 cm³/mol. The molecule has 0 fully saturated rings. The number of hydrogen-bond acceptors (Lipinski definition) is 4. The van der Waals surface area contributed by atoms with Gasteiger partial charge in [-0.1, -0.05) is 25.1 Å². The van der Waals surface area contributed by atoms with E-state index in [1.807, 2.05) is 13.8 Å². The van der Waals surface area contributed by atoms with Gasteiger partial charge in [0, 0.05) is 0 Å². The van der Waals surface area contributed by atoms with Gasteiger partial charge in [-0.3, -0.25) is 4.79 Å². The third-order valence-electron chi connectivity index (χ3n) is 3.47. The number of alkyl halides is 3. The highest BCUT2D eigenvalue weighted by Crippen LogP contribution is 2.30. The Labute approximate surface area is 146 Å². The van der Waals surface area contributed by atoms with Crippen LogP contribution in [0, 0.1) is 5.92 Å². The first kappa shape index (κ1) is 19.4. The van der Waals surface area contributed by atoms with E-state index in [0.29, 0.717) is 0 Å². The molecule has 0 aliphatic carbocycles. The molecule has 1 aromatic heterocycles. The summed E-state index contributed by atoms with van der Waals surface area (Å²) in [6, 6.07) is 3.28. The molecule has 2 N–H and O–H groups in total. The molecule has 1 aromatic carbocycles. The van der Waals surface area contributed by atoms with Crippen molar-refractivity contribution in [2.45, 2.75) is 32.5 Å². The van der Waals surface area contributed by atoms with Gasteiger partial charge in [-0.2, -0.15) is 13.2 Å². The van der Waals surface area contributed by atoms with Crippen molar-refractivity contribution < 1.29 is 27.9 Å². The van der Waals surface area contributed by atoms with Crippen molar-refractivity contribution in [2.75, 3.05) is 0 Å². The second kappa shape index (κ2) is 7.54. The van der Waals surface area contributed by atoms with Gasteiger partial charge in [-0.25, -0.2) is 9.48 Å². The topological polar surface area (TPSA) is 97.1 Å². The van der Waals surface area contributed by atoms with Crippen LogP contribution in [0.2, 0.25) is 0 Å². The Morgan fingerprint density at radius 1 is 1.31 bits per heavy atom. The number of aliphatic carboxylic acids is 1. The zero-order chi connectivity index (χ0) is 19.5. The summed E-state index contributed by atoms with van der Waals surface area (Å²) in [5.41, 5.74) is -0.986. The zero-order valence-electron chi connectivity index (χ0n) is 14.0. The minimum atomic E-state index is -4.51. The van der Waals surface area contributed by atoms with Crippen LogP contribution in [0.5, 0.6) is 0 Å². The van der Waals surface area contributed by atoms with E-state index < -0.39 is 29.7 Å². The minimum absolute atomic E-state index is 0.0391. The smallest absolute Gasteiger partial charge is 0.416 e. The van der Waals surface area contributed by atoms with Gasteiger partial charge in [-0.05, 0) is 30.5 Å². The van der Waals surface area contributed by atoms with Crippen molar-refractivity contribution >= 4 is 11.9 Å². The summed E-state index contributed by atoms with van der Waals surface area (Å²) in [4.78, 5) is 23.3. The molecule has 7 nitrogen and oxygen atoms in total. The number of carboxylic acid groups (broad SMARTS) is 1. The van der Waals surface area contributed by atoms with E-state index in [2.05, 4.69) is 15.6 Å². The highest BCUT2D eigenvalue weighted by molar-refractivity contribution is 5.94. The zero-order valence-corrected chi connectivity index (χ0v) is 14.0. The van der Waals surface area contributed by atoms with Gasteiger partial charge in [0.2, 0.25) is 0 Å². The summed E-state index contributed by atoms with van der Waals surface area (Å²) >= 11 is 0. The van der Waals surface area contributed by atoms with Gasteiger partial charge < -0.3 is 10.4 Å². The van der Waals surface area contributed by atoms with Gasteiger partial charge in [0.15, 0.2) is 5.69 Å². The molecule has 10 heteroatoms. The lowest BCUT2D eigenvalue weighted by molar-refractivity contribution is -0.140. The number of rotatable bonds is 6. The highest BCUT2D eigenvalue weighted by atomic mass is 19.4. The fourth-order valence-corrected chi connectivity index (χ4v) is 2.24. The second-order valence-corrected chi connectivity index (χ2v) is 6.09. The van der Waals surface area contributed by atoms with Crippen LogP contribution in [0.4, 0.5) is 13.2 Å². The van der Waals surface area contributed by atoms with Gasteiger partial charge in [0.1, 0.15) is 6.04 Å². The normalized spacial score (nSPS) is 12.8. The number of carbonyl (C=O) groups is 2. The van der Waals surface area contributed by atoms with Gasteiger partial charge in [-0.15, -0.1) is 5.10 Å². The molecule has 0 aliphatic heterocycles. The maximum atomic E-state index is 12.8. The lowest BCUT2D eigenvalue weighted by atomic mass is 10.0. The highest BCUT2D eigenvalue weighted by Gasteiger charge is 2.30. The first-order valence-corrected chi connectivity index (χ1v) is 7.71. The van der Waals surface area contributed by atoms with Crippen LogP contribution >= 0.6 is 0 Å². The number of nitrogens with zero attached hydrogens (tertiary/aromatic N) is 3. The Morgan fingerprint density at radius 2 is 2.00 bits per heavy atom. The van der Waals surface area contributed by atoms with Crippen LogP contribution in [-0.4, -0.2) is 38.0 Å². The predicted octanol–water partition coefficient (Wildman–Crippen LogP) is 2.52. The van der Waals surface area contributed by atoms with Crippen molar-refractivity contribution in [1.29, 1.82) is 0 Å². The SMILES string of the molecule is CC(C)C[C@@H](NC(=O)c1cn(-c2cccc(C(F)(F)F)c2)nn1)C(=O)O. The van der Waals surface area contributed by atoms with Crippen molar-refractivity contribution in [3.05, 3.63) is 41.7 Å². The summed E-state index contributed by atoms with van der Waals surface area (Å²) in [5, 5.41) is 18.7. The fraction of sp³-hybridized carbons (Fsp3) is 0.375. The largest absolute Gasteiger partial charge is 0.480 e. The number of carbonyl (C=O) groups excluding carboxylic acids is 1. The van der Waals surface area contributed by atoms with Crippen molar-refractivity contribution in [1.82, 2.24) is 20.3 Å². The molecule has 1 amide bonds. The number of halogens is 3. The third kappa shape index (κ3) is 4.80. The van der Waals surface area contributed by atoms with Crippen LogP contribution < -0.4 is 5.32 Å². The average molecular weight is 370 g/mol. The Morgan fingerprint density at radius 3 is 2.58 bits per heavy atom. The van der Waals surface area contributed by atoms with Crippen LogP contribution in [0.15, 0.2) is 30.5 Å². The summed E-state index contributed by atoms with van der Waals surface area (Å²) in [7, 11) is 0. The number of amides is 1. The molecule has 2 rings (SSSR count). The summed E-state index contributed by atoms with van der Waals surface area (Å²) in [6.07, 6.45) is -3.15. The minimum Gasteiger partial charge on any atom is -0.480 e. The molecule has 2 aromatic rings. The molecule has 0 radical (unpaired) electrons. The number of carboxylic acids is 1. The molecule has 1 heterocycles. The molecule has 0 spiro atoms. The lowest BCUT2D eigenvalue weighted by Gasteiger charge is -2.15. The number of hydrogen-bond donors (Lipinski definition) is 2.